The Bertz CT molecular complexity index is 579. The molecule has 1 aromatic heterocycles. The Morgan fingerprint density at radius 1 is 1.26 bits per heavy atom. The average Bonchev–Trinajstić information content (AvgIpc) is 2.78. The molecule has 0 saturated heterocycles. The van der Waals surface area contributed by atoms with Crippen molar-refractivity contribution in [3.8, 4) is 0 Å². The van der Waals surface area contributed by atoms with Gasteiger partial charge in [-0.15, -0.1) is 10.2 Å². The smallest absolute Gasteiger partial charge is 0.224 e. The first-order valence-electron chi connectivity index (χ1n) is 5.43. The van der Waals surface area contributed by atoms with E-state index in [4.69, 9.17) is 0 Å². The summed E-state index contributed by atoms with van der Waals surface area (Å²) in [4.78, 5) is 0. The van der Waals surface area contributed by atoms with Gasteiger partial charge in [0.15, 0.2) is 0 Å². The van der Waals surface area contributed by atoms with Crippen molar-refractivity contribution in [3.05, 3.63) is 40.9 Å². The van der Waals surface area contributed by atoms with Gasteiger partial charge in [0, 0.05) is 35.5 Å². The molecule has 1 radical (unpaired) electrons. The second kappa shape index (κ2) is 7.96. The number of thiol groups is 1. The van der Waals surface area contributed by atoms with Gasteiger partial charge in [-0.2, -0.15) is 0 Å². The summed E-state index contributed by atoms with van der Waals surface area (Å²) in [6, 6.07) is 10.1. The Kier molecular flexibility index (Phi) is 6.95. The number of benzene rings is 1. The van der Waals surface area contributed by atoms with E-state index in [9.17, 15) is 8.42 Å². The number of anilines is 1. The minimum Gasteiger partial charge on any atom is -0.259 e. The fourth-order valence-corrected chi connectivity index (χ4v) is 2.86. The van der Waals surface area contributed by atoms with Crippen LogP contribution >= 0.6 is 11.3 Å². The molecule has 2 aromatic rings. The number of nitrogens with one attached hydrogen (secondary N) is 1. The average molecular weight is 306 g/mol. The number of aromatic nitrogens is 2. The van der Waals surface area contributed by atoms with Gasteiger partial charge in [0.1, 0.15) is 5.01 Å². The molecule has 1 N–H and O–H groups in total. The molecular weight excluding hydrogens is 293 g/mol. The molecule has 97 valence electrons. The van der Waals surface area contributed by atoms with Gasteiger partial charge >= 0.3 is 0 Å². The molecule has 1 atom stereocenters. The number of hydrogen-bond acceptors (Lipinski definition) is 5. The van der Waals surface area contributed by atoms with Crippen LogP contribution in [0.3, 0.4) is 0 Å². The third kappa shape index (κ3) is 5.19. The quantitative estimate of drug-likeness (QED) is 0.648. The molecule has 0 saturated carbocycles. The van der Waals surface area contributed by atoms with Crippen molar-refractivity contribution in [1.82, 2.24) is 10.2 Å². The van der Waals surface area contributed by atoms with Crippen LogP contribution in [0.1, 0.15) is 23.4 Å². The summed E-state index contributed by atoms with van der Waals surface area (Å²) in [6.45, 7) is 2.05. The Morgan fingerprint density at radius 3 is 2.58 bits per heavy atom. The van der Waals surface area contributed by atoms with Gasteiger partial charge in [-0.05, 0) is 12.0 Å². The third-order valence-electron chi connectivity index (χ3n) is 2.43. The fourth-order valence-electron chi connectivity index (χ4n) is 1.61. The fraction of sp³-hybridized carbons (Fsp3) is 0.273. The molecule has 1 unspecified atom stereocenters. The van der Waals surface area contributed by atoms with E-state index in [0.29, 0.717) is 5.13 Å². The van der Waals surface area contributed by atoms with Crippen LogP contribution in [0.5, 0.6) is 0 Å². The summed E-state index contributed by atoms with van der Waals surface area (Å²) in [5, 5.41) is 8.95. The minimum atomic E-state index is -2.67. The Balaban J connectivity index is 0.00000180. The molecule has 0 amide bonds. The van der Waals surface area contributed by atoms with Crippen LogP contribution < -0.4 is 4.72 Å². The topological polar surface area (TPSA) is 72.0 Å². The van der Waals surface area contributed by atoms with Crippen molar-refractivity contribution < 1.29 is 8.42 Å². The van der Waals surface area contributed by atoms with Crippen LogP contribution in [-0.2, 0) is 17.3 Å². The van der Waals surface area contributed by atoms with E-state index in [0.717, 1.165) is 11.4 Å². The van der Waals surface area contributed by atoms with E-state index in [1.54, 1.807) is 0 Å². The summed E-state index contributed by atoms with van der Waals surface area (Å²) in [5.74, 6) is 0.213. The van der Waals surface area contributed by atoms with E-state index in [2.05, 4.69) is 34.0 Å². The van der Waals surface area contributed by atoms with Gasteiger partial charge in [0.25, 0.3) is 0 Å². The summed E-state index contributed by atoms with van der Waals surface area (Å²) in [5.41, 5.74) is 1.23. The van der Waals surface area contributed by atoms with Gasteiger partial charge in [-0.25, -0.2) is 8.42 Å². The van der Waals surface area contributed by atoms with Gasteiger partial charge in [-0.1, -0.05) is 48.6 Å². The largest absolute Gasteiger partial charge is 0.259 e. The molecule has 0 aliphatic carbocycles. The minimum absolute atomic E-state index is 0. The van der Waals surface area contributed by atoms with Gasteiger partial charge in [0.2, 0.25) is 16.0 Å². The van der Waals surface area contributed by atoms with Gasteiger partial charge in [-0.3, -0.25) is 4.72 Å². The van der Waals surface area contributed by atoms with Gasteiger partial charge < -0.3 is 0 Å². The van der Waals surface area contributed by atoms with Crippen LogP contribution in [0.15, 0.2) is 30.3 Å². The molecule has 0 aliphatic rings. The Labute approximate surface area is 139 Å². The number of rotatable bonds is 5. The predicted molar refractivity (Wildman–Crippen MR) is 78.2 cm³/mol. The summed E-state index contributed by atoms with van der Waals surface area (Å²) in [6.07, 6.45) is 0.860. The van der Waals surface area contributed by atoms with E-state index in [1.165, 1.54) is 16.9 Å². The standard InChI is InChI=1S/C11H13N3O2S2.Na/c1-8(7-9-5-3-2-4-6-9)10-12-13-11(17-10)14-18(15)16;/h2-6,8,18H,7H2,1H3,(H,13,14,15,16);. The molecule has 0 aliphatic heterocycles. The maximum absolute atomic E-state index is 10.5. The first-order valence-corrected chi connectivity index (χ1v) is 7.43. The summed E-state index contributed by atoms with van der Waals surface area (Å²) in [7, 11) is -2.67. The maximum Gasteiger partial charge on any atom is 0.224 e. The number of hydrogen-bond donors (Lipinski definition) is 2. The third-order valence-corrected chi connectivity index (χ3v) is 4.05. The normalized spacial score (nSPS) is 11.9. The zero-order valence-electron chi connectivity index (χ0n) is 10.7. The summed E-state index contributed by atoms with van der Waals surface area (Å²) >= 11 is 1.27. The van der Waals surface area contributed by atoms with E-state index in [-0.39, 0.29) is 35.5 Å². The second-order valence-electron chi connectivity index (χ2n) is 3.91. The van der Waals surface area contributed by atoms with Gasteiger partial charge in [0.05, 0.1) is 0 Å². The molecule has 19 heavy (non-hydrogen) atoms. The Morgan fingerprint density at radius 2 is 1.95 bits per heavy atom. The van der Waals surface area contributed by atoms with Crippen LogP contribution in [0.4, 0.5) is 5.13 Å². The molecule has 8 heteroatoms. The zero-order valence-corrected chi connectivity index (χ0v) is 14.4. The van der Waals surface area contributed by atoms with Crippen molar-refractivity contribution in [2.75, 3.05) is 4.72 Å². The molecule has 1 aromatic carbocycles. The van der Waals surface area contributed by atoms with Crippen LogP contribution in [0, 0.1) is 0 Å². The van der Waals surface area contributed by atoms with E-state index in [1.807, 2.05) is 18.2 Å². The number of nitrogens with zero attached hydrogens (tertiary/aromatic N) is 2. The molecule has 0 bridgehead atoms. The first kappa shape index (κ1) is 16.6. The molecule has 0 spiro atoms. The second-order valence-corrected chi connectivity index (χ2v) is 5.65. The molecule has 1 heterocycles. The van der Waals surface area contributed by atoms with E-state index >= 15 is 0 Å². The predicted octanol–water partition coefficient (Wildman–Crippen LogP) is 1.44. The zero-order chi connectivity index (χ0) is 13.0. The van der Waals surface area contributed by atoms with Crippen molar-refractivity contribution in [2.24, 2.45) is 0 Å². The first-order chi connectivity index (χ1) is 8.65. The monoisotopic (exact) mass is 306 g/mol. The van der Waals surface area contributed by atoms with Crippen LogP contribution in [0.25, 0.3) is 0 Å². The molecular formula is C11H13N3NaO2S2. The molecule has 2 rings (SSSR count). The van der Waals surface area contributed by atoms with E-state index < -0.39 is 10.9 Å². The van der Waals surface area contributed by atoms with Crippen LogP contribution in [0.2, 0.25) is 0 Å². The van der Waals surface area contributed by atoms with Crippen molar-refractivity contribution in [1.29, 1.82) is 0 Å². The van der Waals surface area contributed by atoms with Crippen molar-refractivity contribution in [2.45, 2.75) is 19.3 Å². The SMILES string of the molecule is CC(Cc1ccccc1)c1nnc(N[SH](=O)=O)s1.[Na]. The van der Waals surface area contributed by atoms with Crippen molar-refractivity contribution in [3.63, 3.8) is 0 Å². The van der Waals surface area contributed by atoms with Crippen molar-refractivity contribution >= 4 is 56.9 Å². The molecule has 5 nitrogen and oxygen atoms in total. The maximum atomic E-state index is 10.5. The summed E-state index contributed by atoms with van der Waals surface area (Å²) < 4.78 is 23.2. The molecule has 0 fully saturated rings. The Hall–Kier alpha value is -0.470. The van der Waals surface area contributed by atoms with Crippen LogP contribution in [-0.4, -0.2) is 48.2 Å².